The molecule has 5 heteroatoms. The average molecular weight is 269 g/mol. The van der Waals surface area contributed by atoms with Crippen LogP contribution in [0.2, 0.25) is 0 Å². The van der Waals surface area contributed by atoms with Gasteiger partial charge in [-0.3, -0.25) is 9.59 Å². The second-order valence-electron chi connectivity index (χ2n) is 5.33. The van der Waals surface area contributed by atoms with Crippen LogP contribution >= 0.6 is 0 Å². The summed E-state index contributed by atoms with van der Waals surface area (Å²) in [7, 11) is 0. The SMILES string of the molecule is CCCOC(=O)C(C#N)(C(C)C)C(C(=O)O)C(C)C. The van der Waals surface area contributed by atoms with E-state index < -0.39 is 29.2 Å². The highest BCUT2D eigenvalue weighted by atomic mass is 16.5. The van der Waals surface area contributed by atoms with Gasteiger partial charge in [0, 0.05) is 0 Å². The molecule has 0 saturated carbocycles. The summed E-state index contributed by atoms with van der Waals surface area (Å²) in [4.78, 5) is 23.7. The van der Waals surface area contributed by atoms with Crippen molar-refractivity contribution in [2.45, 2.75) is 41.0 Å². The lowest BCUT2D eigenvalue weighted by molar-refractivity contribution is -0.168. The maximum Gasteiger partial charge on any atom is 0.327 e. The summed E-state index contributed by atoms with van der Waals surface area (Å²) in [5.74, 6) is -3.73. The Balaban J connectivity index is 5.69. The molecule has 0 aromatic carbocycles. The van der Waals surface area contributed by atoms with Crippen LogP contribution in [0.5, 0.6) is 0 Å². The first kappa shape index (κ1) is 17.4. The third-order valence-corrected chi connectivity index (χ3v) is 3.29. The Hall–Kier alpha value is -1.57. The first-order chi connectivity index (χ1) is 8.75. The number of rotatable bonds is 7. The number of nitriles is 1. The molecule has 0 radical (unpaired) electrons. The van der Waals surface area contributed by atoms with Gasteiger partial charge in [0.2, 0.25) is 0 Å². The molecule has 0 fully saturated rings. The zero-order chi connectivity index (χ0) is 15.2. The van der Waals surface area contributed by atoms with E-state index in [1.54, 1.807) is 27.7 Å². The number of esters is 1. The fourth-order valence-corrected chi connectivity index (χ4v) is 2.29. The van der Waals surface area contributed by atoms with Crippen LogP contribution in [-0.4, -0.2) is 23.7 Å². The highest BCUT2D eigenvalue weighted by Gasteiger charge is 2.54. The lowest BCUT2D eigenvalue weighted by Crippen LogP contribution is -2.48. The lowest BCUT2D eigenvalue weighted by Gasteiger charge is -2.35. The van der Waals surface area contributed by atoms with Gasteiger partial charge < -0.3 is 9.84 Å². The highest BCUT2D eigenvalue weighted by Crippen LogP contribution is 2.41. The van der Waals surface area contributed by atoms with Crippen LogP contribution in [-0.2, 0) is 14.3 Å². The molecule has 0 aliphatic rings. The smallest absolute Gasteiger partial charge is 0.327 e. The molecule has 0 aromatic rings. The third kappa shape index (κ3) is 3.46. The van der Waals surface area contributed by atoms with Crippen LogP contribution in [0.25, 0.3) is 0 Å². The van der Waals surface area contributed by atoms with E-state index in [1.807, 2.05) is 13.0 Å². The number of hydrogen-bond acceptors (Lipinski definition) is 4. The summed E-state index contributed by atoms with van der Waals surface area (Å²) in [5.41, 5.74) is -1.64. The van der Waals surface area contributed by atoms with Crippen molar-refractivity contribution in [3.05, 3.63) is 0 Å². The summed E-state index contributed by atoms with van der Waals surface area (Å²) in [6, 6.07) is 1.93. The number of hydrogen-bond donors (Lipinski definition) is 1. The Labute approximate surface area is 114 Å². The molecule has 0 bridgehead atoms. The van der Waals surface area contributed by atoms with Crippen LogP contribution < -0.4 is 0 Å². The van der Waals surface area contributed by atoms with Crippen molar-refractivity contribution in [2.24, 2.45) is 23.2 Å². The minimum Gasteiger partial charge on any atom is -0.481 e. The van der Waals surface area contributed by atoms with Gasteiger partial charge in [-0.1, -0.05) is 34.6 Å². The summed E-state index contributed by atoms with van der Waals surface area (Å²) in [6.45, 7) is 8.78. The second kappa shape index (κ2) is 7.13. The quantitative estimate of drug-likeness (QED) is 0.717. The molecule has 1 N–H and O–H groups in total. The van der Waals surface area contributed by atoms with Crippen LogP contribution in [0.3, 0.4) is 0 Å². The number of nitrogens with zero attached hydrogens (tertiary/aromatic N) is 1. The predicted molar refractivity (Wildman–Crippen MR) is 70.1 cm³/mol. The number of ether oxygens (including phenoxy) is 1. The summed E-state index contributed by atoms with van der Waals surface area (Å²) in [6.07, 6.45) is 0.630. The van der Waals surface area contributed by atoms with Crippen molar-refractivity contribution in [3.63, 3.8) is 0 Å². The highest BCUT2D eigenvalue weighted by molar-refractivity contribution is 5.87. The normalized spacial score (nSPS) is 15.7. The Bertz CT molecular complexity index is 370. The van der Waals surface area contributed by atoms with Crippen molar-refractivity contribution >= 4 is 11.9 Å². The van der Waals surface area contributed by atoms with Gasteiger partial charge in [0.1, 0.15) is 0 Å². The van der Waals surface area contributed by atoms with Crippen LogP contribution in [0.15, 0.2) is 0 Å². The van der Waals surface area contributed by atoms with Gasteiger partial charge in [0.15, 0.2) is 5.41 Å². The zero-order valence-electron chi connectivity index (χ0n) is 12.3. The molecular weight excluding hydrogens is 246 g/mol. The average Bonchev–Trinajstić information content (AvgIpc) is 2.30. The molecule has 5 nitrogen and oxygen atoms in total. The minimum atomic E-state index is -1.64. The molecule has 0 amide bonds. The molecule has 0 saturated heterocycles. The largest absolute Gasteiger partial charge is 0.481 e. The minimum absolute atomic E-state index is 0.194. The third-order valence-electron chi connectivity index (χ3n) is 3.29. The summed E-state index contributed by atoms with van der Waals surface area (Å²) in [5, 5.41) is 18.8. The van der Waals surface area contributed by atoms with Gasteiger partial charge in [-0.15, -0.1) is 0 Å². The monoisotopic (exact) mass is 269 g/mol. The van der Waals surface area contributed by atoms with Gasteiger partial charge in [0.05, 0.1) is 18.6 Å². The number of aliphatic carboxylic acids is 1. The van der Waals surface area contributed by atoms with Gasteiger partial charge in [-0.2, -0.15) is 5.26 Å². The van der Waals surface area contributed by atoms with E-state index in [1.165, 1.54) is 0 Å². The molecule has 0 spiro atoms. The Morgan fingerprint density at radius 2 is 1.84 bits per heavy atom. The molecule has 2 unspecified atom stereocenters. The van der Waals surface area contributed by atoms with Gasteiger partial charge >= 0.3 is 11.9 Å². The van der Waals surface area contributed by atoms with Crippen LogP contribution in [0.1, 0.15) is 41.0 Å². The molecule has 0 rings (SSSR count). The molecule has 0 aliphatic carbocycles. The zero-order valence-corrected chi connectivity index (χ0v) is 12.3. The van der Waals surface area contributed by atoms with Crippen LogP contribution in [0, 0.1) is 34.5 Å². The van der Waals surface area contributed by atoms with E-state index in [0.29, 0.717) is 6.42 Å². The van der Waals surface area contributed by atoms with Crippen molar-refractivity contribution < 1.29 is 19.4 Å². The number of carbonyl (C=O) groups excluding carboxylic acids is 1. The number of carboxylic acid groups (broad SMARTS) is 1. The van der Waals surface area contributed by atoms with E-state index in [2.05, 4.69) is 0 Å². The van der Waals surface area contributed by atoms with Crippen LogP contribution in [0.4, 0.5) is 0 Å². The Kier molecular flexibility index (Phi) is 6.54. The van der Waals surface area contributed by atoms with E-state index in [0.717, 1.165) is 0 Å². The predicted octanol–water partition coefficient (Wildman–Crippen LogP) is 2.46. The van der Waals surface area contributed by atoms with Crippen molar-refractivity contribution in [3.8, 4) is 6.07 Å². The van der Waals surface area contributed by atoms with E-state index in [4.69, 9.17) is 4.74 Å². The molecule has 0 aliphatic heterocycles. The fourth-order valence-electron chi connectivity index (χ4n) is 2.29. The Morgan fingerprint density at radius 3 is 2.11 bits per heavy atom. The topological polar surface area (TPSA) is 87.4 Å². The maximum atomic E-state index is 12.2. The first-order valence-corrected chi connectivity index (χ1v) is 6.56. The lowest BCUT2D eigenvalue weighted by atomic mass is 9.64. The first-order valence-electron chi connectivity index (χ1n) is 6.56. The standard InChI is InChI=1S/C14H23NO4/c1-6-7-19-13(18)14(8-15,10(4)5)11(9(2)3)12(16)17/h9-11H,6-7H2,1-5H3,(H,16,17). The van der Waals surface area contributed by atoms with Crippen molar-refractivity contribution in [2.75, 3.05) is 6.61 Å². The molecule has 108 valence electrons. The second-order valence-corrected chi connectivity index (χ2v) is 5.33. The number of carbonyl (C=O) groups is 2. The van der Waals surface area contributed by atoms with E-state index in [9.17, 15) is 20.0 Å². The summed E-state index contributed by atoms with van der Waals surface area (Å²) >= 11 is 0. The van der Waals surface area contributed by atoms with Gasteiger partial charge in [-0.05, 0) is 18.3 Å². The Morgan fingerprint density at radius 1 is 1.32 bits per heavy atom. The summed E-state index contributed by atoms with van der Waals surface area (Å²) < 4.78 is 5.07. The van der Waals surface area contributed by atoms with Crippen molar-refractivity contribution in [1.82, 2.24) is 0 Å². The maximum absolute atomic E-state index is 12.2. The molecule has 0 heterocycles. The van der Waals surface area contributed by atoms with Crippen molar-refractivity contribution in [1.29, 1.82) is 5.26 Å². The van der Waals surface area contributed by atoms with E-state index >= 15 is 0 Å². The van der Waals surface area contributed by atoms with Gasteiger partial charge in [-0.25, -0.2) is 0 Å². The van der Waals surface area contributed by atoms with E-state index in [-0.39, 0.29) is 12.5 Å². The molecule has 2 atom stereocenters. The molecular formula is C14H23NO4. The molecule has 0 aromatic heterocycles. The fraction of sp³-hybridized carbons (Fsp3) is 0.786. The number of carboxylic acids is 1. The molecule has 19 heavy (non-hydrogen) atoms. The van der Waals surface area contributed by atoms with Gasteiger partial charge in [0.25, 0.3) is 0 Å².